The second-order valence-corrected chi connectivity index (χ2v) is 8.20. The van der Waals surface area contributed by atoms with Crippen molar-refractivity contribution in [2.75, 3.05) is 19.0 Å². The Kier molecular flexibility index (Phi) is 8.21. The SMILES string of the molecule is Cc1ccc(OCC(C)NC(=O)c2ccc(OCCSc3ccccc3)cc2)cc1. The predicted molar refractivity (Wildman–Crippen MR) is 123 cm³/mol. The number of benzene rings is 3. The van der Waals surface area contributed by atoms with E-state index in [9.17, 15) is 4.79 Å². The van der Waals surface area contributed by atoms with Gasteiger partial charge in [0.15, 0.2) is 0 Å². The van der Waals surface area contributed by atoms with Crippen molar-refractivity contribution in [2.45, 2.75) is 24.8 Å². The average molecular weight is 422 g/mol. The van der Waals surface area contributed by atoms with E-state index in [4.69, 9.17) is 9.47 Å². The van der Waals surface area contributed by atoms with Crippen LogP contribution in [0.15, 0.2) is 83.8 Å². The van der Waals surface area contributed by atoms with Gasteiger partial charge in [-0.3, -0.25) is 4.79 Å². The number of aryl methyl sites for hydroxylation is 1. The molecule has 30 heavy (non-hydrogen) atoms. The first-order valence-corrected chi connectivity index (χ1v) is 11.0. The zero-order chi connectivity index (χ0) is 21.2. The minimum absolute atomic E-state index is 0.107. The Labute approximate surface area is 182 Å². The van der Waals surface area contributed by atoms with Crippen molar-refractivity contribution >= 4 is 17.7 Å². The first kappa shape index (κ1) is 21.8. The normalized spacial score (nSPS) is 11.5. The van der Waals surface area contributed by atoms with Gasteiger partial charge >= 0.3 is 0 Å². The van der Waals surface area contributed by atoms with E-state index in [0.717, 1.165) is 17.3 Å². The van der Waals surface area contributed by atoms with Crippen LogP contribution in [-0.4, -0.2) is 30.9 Å². The van der Waals surface area contributed by atoms with Crippen LogP contribution in [-0.2, 0) is 0 Å². The van der Waals surface area contributed by atoms with Gasteiger partial charge in [0.1, 0.15) is 18.1 Å². The molecule has 0 aromatic heterocycles. The van der Waals surface area contributed by atoms with E-state index in [-0.39, 0.29) is 11.9 Å². The van der Waals surface area contributed by atoms with Crippen LogP contribution >= 0.6 is 11.8 Å². The Morgan fingerprint density at radius 1 is 0.900 bits per heavy atom. The van der Waals surface area contributed by atoms with Crippen molar-refractivity contribution in [1.82, 2.24) is 5.32 Å². The molecule has 0 aliphatic carbocycles. The van der Waals surface area contributed by atoms with E-state index < -0.39 is 0 Å². The quantitative estimate of drug-likeness (QED) is 0.353. The zero-order valence-corrected chi connectivity index (χ0v) is 18.2. The average Bonchev–Trinajstić information content (AvgIpc) is 2.77. The number of rotatable bonds is 10. The van der Waals surface area contributed by atoms with E-state index in [2.05, 4.69) is 17.4 Å². The van der Waals surface area contributed by atoms with Gasteiger partial charge in [-0.1, -0.05) is 35.9 Å². The fourth-order valence-corrected chi connectivity index (χ4v) is 3.49. The maximum Gasteiger partial charge on any atom is 0.251 e. The number of carbonyl (C=O) groups excluding carboxylic acids is 1. The molecule has 4 nitrogen and oxygen atoms in total. The molecule has 156 valence electrons. The molecule has 0 radical (unpaired) electrons. The van der Waals surface area contributed by atoms with Crippen molar-refractivity contribution in [3.8, 4) is 11.5 Å². The summed E-state index contributed by atoms with van der Waals surface area (Å²) in [5.74, 6) is 2.30. The molecule has 0 saturated carbocycles. The van der Waals surface area contributed by atoms with Crippen LogP contribution in [0.3, 0.4) is 0 Å². The summed E-state index contributed by atoms with van der Waals surface area (Å²) >= 11 is 1.76. The molecule has 1 unspecified atom stereocenters. The molecular weight excluding hydrogens is 394 g/mol. The van der Waals surface area contributed by atoms with Crippen LogP contribution in [0.4, 0.5) is 0 Å². The minimum Gasteiger partial charge on any atom is -0.493 e. The van der Waals surface area contributed by atoms with Crippen molar-refractivity contribution < 1.29 is 14.3 Å². The molecule has 1 atom stereocenters. The number of hydrogen-bond acceptors (Lipinski definition) is 4. The van der Waals surface area contributed by atoms with Gasteiger partial charge in [-0.2, -0.15) is 0 Å². The number of ether oxygens (including phenoxy) is 2. The highest BCUT2D eigenvalue weighted by atomic mass is 32.2. The molecular formula is C25H27NO3S. The lowest BCUT2D eigenvalue weighted by atomic mass is 10.2. The Bertz CT molecular complexity index is 911. The summed E-state index contributed by atoms with van der Waals surface area (Å²) in [5.41, 5.74) is 1.79. The van der Waals surface area contributed by atoms with Crippen LogP contribution in [0, 0.1) is 6.92 Å². The van der Waals surface area contributed by atoms with E-state index >= 15 is 0 Å². The molecule has 0 aliphatic heterocycles. The van der Waals surface area contributed by atoms with E-state index in [0.29, 0.717) is 18.8 Å². The fraction of sp³-hybridized carbons (Fsp3) is 0.240. The lowest BCUT2D eigenvalue weighted by Crippen LogP contribution is -2.36. The Hall–Kier alpha value is -2.92. The molecule has 5 heteroatoms. The standard InChI is InChI=1S/C25H27NO3S/c1-19-8-12-23(13-9-19)29-18-20(2)26-25(27)21-10-14-22(15-11-21)28-16-17-30-24-6-4-3-5-7-24/h3-15,20H,16-18H2,1-2H3,(H,26,27). The van der Waals surface area contributed by atoms with Gasteiger partial charge in [-0.05, 0) is 62.4 Å². The van der Waals surface area contributed by atoms with Crippen molar-refractivity contribution in [2.24, 2.45) is 0 Å². The topological polar surface area (TPSA) is 47.6 Å². The fourth-order valence-electron chi connectivity index (χ4n) is 2.74. The van der Waals surface area contributed by atoms with Crippen molar-refractivity contribution in [3.63, 3.8) is 0 Å². The summed E-state index contributed by atoms with van der Waals surface area (Å²) in [6, 6.07) is 25.2. The first-order valence-electron chi connectivity index (χ1n) is 10.0. The summed E-state index contributed by atoms with van der Waals surface area (Å²) in [5, 5.41) is 2.96. The van der Waals surface area contributed by atoms with Crippen LogP contribution in [0.25, 0.3) is 0 Å². The van der Waals surface area contributed by atoms with Gasteiger partial charge in [-0.15, -0.1) is 11.8 Å². The molecule has 3 rings (SSSR count). The lowest BCUT2D eigenvalue weighted by Gasteiger charge is -2.15. The largest absolute Gasteiger partial charge is 0.493 e. The van der Waals surface area contributed by atoms with Crippen molar-refractivity contribution in [1.29, 1.82) is 0 Å². The molecule has 1 N–H and O–H groups in total. The maximum atomic E-state index is 12.4. The molecule has 0 saturated heterocycles. The summed E-state index contributed by atoms with van der Waals surface area (Å²) in [6.07, 6.45) is 0. The van der Waals surface area contributed by atoms with Gasteiger partial charge in [0.2, 0.25) is 0 Å². The molecule has 0 spiro atoms. The Balaban J connectivity index is 1.38. The number of hydrogen-bond donors (Lipinski definition) is 1. The number of thioether (sulfide) groups is 1. The van der Waals surface area contributed by atoms with E-state index in [1.54, 1.807) is 23.9 Å². The molecule has 0 heterocycles. The third kappa shape index (κ3) is 7.16. The lowest BCUT2D eigenvalue weighted by molar-refractivity contribution is 0.0926. The highest BCUT2D eigenvalue weighted by molar-refractivity contribution is 7.99. The highest BCUT2D eigenvalue weighted by Crippen LogP contribution is 2.18. The molecule has 0 fully saturated rings. The van der Waals surface area contributed by atoms with E-state index in [1.165, 1.54) is 10.5 Å². The molecule has 0 aliphatic rings. The van der Waals surface area contributed by atoms with Crippen LogP contribution in [0.1, 0.15) is 22.8 Å². The number of amides is 1. The Morgan fingerprint density at radius 2 is 1.53 bits per heavy atom. The van der Waals surface area contributed by atoms with Crippen LogP contribution in [0.5, 0.6) is 11.5 Å². The summed E-state index contributed by atoms with van der Waals surface area (Å²) in [7, 11) is 0. The second kappa shape index (κ2) is 11.3. The number of carbonyl (C=O) groups is 1. The predicted octanol–water partition coefficient (Wildman–Crippen LogP) is 5.36. The second-order valence-electron chi connectivity index (χ2n) is 7.03. The molecule has 1 amide bonds. The van der Waals surface area contributed by atoms with Crippen molar-refractivity contribution in [3.05, 3.63) is 90.0 Å². The third-order valence-electron chi connectivity index (χ3n) is 4.38. The summed E-state index contributed by atoms with van der Waals surface area (Å²) < 4.78 is 11.5. The Morgan fingerprint density at radius 3 is 2.23 bits per heavy atom. The smallest absolute Gasteiger partial charge is 0.251 e. The minimum atomic E-state index is -0.124. The maximum absolute atomic E-state index is 12.4. The number of nitrogens with one attached hydrogen (secondary N) is 1. The monoisotopic (exact) mass is 421 g/mol. The summed E-state index contributed by atoms with van der Waals surface area (Å²) in [4.78, 5) is 13.7. The van der Waals surface area contributed by atoms with Crippen LogP contribution < -0.4 is 14.8 Å². The summed E-state index contributed by atoms with van der Waals surface area (Å²) in [6.45, 7) is 4.98. The molecule has 3 aromatic rings. The zero-order valence-electron chi connectivity index (χ0n) is 17.3. The van der Waals surface area contributed by atoms with Crippen LogP contribution in [0.2, 0.25) is 0 Å². The van der Waals surface area contributed by atoms with Gasteiger partial charge in [0, 0.05) is 16.2 Å². The molecule has 0 bridgehead atoms. The van der Waals surface area contributed by atoms with Gasteiger partial charge in [0.25, 0.3) is 5.91 Å². The van der Waals surface area contributed by atoms with Gasteiger partial charge < -0.3 is 14.8 Å². The first-order chi connectivity index (χ1) is 14.6. The van der Waals surface area contributed by atoms with Gasteiger partial charge in [0.05, 0.1) is 12.6 Å². The highest BCUT2D eigenvalue weighted by Gasteiger charge is 2.10. The van der Waals surface area contributed by atoms with E-state index in [1.807, 2.05) is 68.4 Å². The van der Waals surface area contributed by atoms with Gasteiger partial charge in [-0.25, -0.2) is 0 Å². The molecule has 3 aromatic carbocycles. The third-order valence-corrected chi connectivity index (χ3v) is 5.36.